The molecule has 1 amide bonds. The van der Waals surface area contributed by atoms with Crippen LogP contribution >= 0.6 is 15.9 Å². The van der Waals surface area contributed by atoms with Crippen molar-refractivity contribution in [2.75, 3.05) is 13.7 Å². The first-order valence-corrected chi connectivity index (χ1v) is 10.1. The van der Waals surface area contributed by atoms with E-state index in [1.165, 1.54) is 20.1 Å². The van der Waals surface area contributed by atoms with Gasteiger partial charge in [-0.05, 0) is 54.8 Å². The van der Waals surface area contributed by atoms with Crippen molar-refractivity contribution in [1.82, 2.24) is 5.32 Å². The van der Waals surface area contributed by atoms with E-state index in [1.54, 1.807) is 6.07 Å². The summed E-state index contributed by atoms with van der Waals surface area (Å²) < 4.78 is 16.6. The summed E-state index contributed by atoms with van der Waals surface area (Å²) in [6.07, 6.45) is 3.02. The van der Waals surface area contributed by atoms with Crippen LogP contribution < -0.4 is 14.8 Å². The number of halogens is 1. The highest BCUT2D eigenvalue weighted by Crippen LogP contribution is 2.37. The second kappa shape index (κ2) is 9.78. The van der Waals surface area contributed by atoms with Gasteiger partial charge in [-0.3, -0.25) is 4.79 Å². The quantitative estimate of drug-likeness (QED) is 0.632. The molecule has 7 nitrogen and oxygen atoms in total. The molecule has 0 spiro atoms. The summed E-state index contributed by atoms with van der Waals surface area (Å²) in [5, 5.41) is 12.3. The molecule has 1 aliphatic carbocycles. The van der Waals surface area contributed by atoms with Crippen LogP contribution in [-0.4, -0.2) is 37.2 Å². The monoisotopic (exact) mass is 452 g/mol. The predicted molar refractivity (Wildman–Crippen MR) is 106 cm³/mol. The second-order valence-corrected chi connectivity index (χ2v) is 7.57. The Morgan fingerprint density at radius 2 is 2.00 bits per heavy atom. The number of methoxy groups -OCH3 is 1. The maximum Gasteiger partial charge on any atom is 0.339 e. The fraction of sp³-hybridized carbons (Fsp3) is 0.550. The number of ether oxygens (including phenoxy) is 3. The zero-order valence-corrected chi connectivity index (χ0v) is 17.9. The van der Waals surface area contributed by atoms with Gasteiger partial charge in [0.1, 0.15) is 5.54 Å². The molecule has 0 radical (unpaired) electrons. The van der Waals surface area contributed by atoms with Crippen LogP contribution in [0.25, 0.3) is 0 Å². The fourth-order valence-electron chi connectivity index (χ4n) is 3.16. The molecule has 28 heavy (non-hydrogen) atoms. The van der Waals surface area contributed by atoms with Crippen molar-refractivity contribution in [2.45, 2.75) is 57.6 Å². The number of hydrogen-bond donors (Lipinski definition) is 1. The molecule has 2 rings (SSSR count). The summed E-state index contributed by atoms with van der Waals surface area (Å²) in [5.41, 5.74) is -0.652. The summed E-state index contributed by atoms with van der Waals surface area (Å²) in [7, 11) is 1.47. The molecule has 1 aliphatic rings. The Bertz CT molecular complexity index is 769. The van der Waals surface area contributed by atoms with Crippen molar-refractivity contribution in [1.29, 1.82) is 5.26 Å². The number of carbonyl (C=O) groups excluding carboxylic acids is 2. The van der Waals surface area contributed by atoms with Crippen LogP contribution in [0.2, 0.25) is 0 Å². The lowest BCUT2D eigenvalue weighted by Crippen LogP contribution is -2.52. The summed E-state index contributed by atoms with van der Waals surface area (Å²) in [6.45, 7) is 3.77. The van der Waals surface area contributed by atoms with Gasteiger partial charge in [0.05, 0.1) is 29.8 Å². The number of amides is 1. The van der Waals surface area contributed by atoms with Crippen LogP contribution in [0.1, 0.15) is 56.3 Å². The Balaban J connectivity index is 2.08. The molecule has 1 atom stereocenters. The topological polar surface area (TPSA) is 97.6 Å². The van der Waals surface area contributed by atoms with Gasteiger partial charge in [0.15, 0.2) is 17.6 Å². The SMILES string of the molecule is CCOc1c(Br)cc(C(=O)OC(C)C(=O)NC2(C#N)CCCCC2)cc1OC. The van der Waals surface area contributed by atoms with Gasteiger partial charge < -0.3 is 19.5 Å². The number of carbonyl (C=O) groups is 2. The average molecular weight is 453 g/mol. The van der Waals surface area contributed by atoms with Gasteiger partial charge in [-0.15, -0.1) is 0 Å². The molecule has 0 aliphatic heterocycles. The zero-order valence-electron chi connectivity index (χ0n) is 16.3. The van der Waals surface area contributed by atoms with Gasteiger partial charge in [0.2, 0.25) is 0 Å². The molecular weight excluding hydrogens is 428 g/mol. The van der Waals surface area contributed by atoms with E-state index < -0.39 is 23.5 Å². The zero-order chi connectivity index (χ0) is 20.7. The van der Waals surface area contributed by atoms with Crippen LogP contribution in [-0.2, 0) is 9.53 Å². The van der Waals surface area contributed by atoms with Crippen molar-refractivity contribution in [2.24, 2.45) is 0 Å². The molecule has 0 aromatic heterocycles. The minimum absolute atomic E-state index is 0.222. The molecule has 8 heteroatoms. The molecule has 1 unspecified atom stereocenters. The van der Waals surface area contributed by atoms with E-state index in [4.69, 9.17) is 14.2 Å². The molecule has 1 aromatic rings. The lowest BCUT2D eigenvalue weighted by molar-refractivity contribution is -0.130. The number of hydrogen-bond acceptors (Lipinski definition) is 6. The van der Waals surface area contributed by atoms with E-state index in [9.17, 15) is 14.9 Å². The number of rotatable bonds is 7. The van der Waals surface area contributed by atoms with Crippen molar-refractivity contribution in [3.8, 4) is 17.6 Å². The molecule has 1 fully saturated rings. The molecule has 152 valence electrons. The molecule has 1 saturated carbocycles. The number of esters is 1. The fourth-order valence-corrected chi connectivity index (χ4v) is 3.72. The van der Waals surface area contributed by atoms with Gasteiger partial charge in [-0.25, -0.2) is 4.79 Å². The summed E-state index contributed by atoms with van der Waals surface area (Å²) >= 11 is 3.36. The van der Waals surface area contributed by atoms with Gasteiger partial charge >= 0.3 is 5.97 Å². The van der Waals surface area contributed by atoms with Crippen molar-refractivity contribution in [3.63, 3.8) is 0 Å². The van der Waals surface area contributed by atoms with E-state index >= 15 is 0 Å². The van der Waals surface area contributed by atoms with Crippen LogP contribution in [0.15, 0.2) is 16.6 Å². The number of nitrogens with zero attached hydrogens (tertiary/aromatic N) is 1. The minimum Gasteiger partial charge on any atom is -0.493 e. The average Bonchev–Trinajstić information content (AvgIpc) is 2.69. The standard InChI is InChI=1S/C20H25BrN2O5/c1-4-27-17-15(21)10-14(11-16(17)26-3)19(25)28-13(2)18(24)23-20(12-22)8-6-5-7-9-20/h10-11,13H,4-9H2,1-3H3,(H,23,24). The third-order valence-electron chi connectivity index (χ3n) is 4.69. The number of nitriles is 1. The van der Waals surface area contributed by atoms with Crippen LogP contribution in [0.4, 0.5) is 0 Å². The Labute approximate surface area is 173 Å². The van der Waals surface area contributed by atoms with Gasteiger partial charge in [0.25, 0.3) is 5.91 Å². The Morgan fingerprint density at radius 3 is 2.57 bits per heavy atom. The molecule has 1 aromatic carbocycles. The normalized spacial score (nSPS) is 16.4. The van der Waals surface area contributed by atoms with Gasteiger partial charge in [-0.2, -0.15) is 5.26 Å². The van der Waals surface area contributed by atoms with E-state index in [0.29, 0.717) is 35.4 Å². The van der Waals surface area contributed by atoms with Crippen molar-refractivity contribution >= 4 is 27.8 Å². The van der Waals surface area contributed by atoms with Gasteiger partial charge in [0, 0.05) is 0 Å². The maximum absolute atomic E-state index is 12.5. The Kier molecular flexibility index (Phi) is 7.69. The highest BCUT2D eigenvalue weighted by molar-refractivity contribution is 9.10. The van der Waals surface area contributed by atoms with Crippen LogP contribution in [0.5, 0.6) is 11.5 Å². The Hall–Kier alpha value is -2.27. The number of benzene rings is 1. The van der Waals surface area contributed by atoms with Crippen LogP contribution in [0.3, 0.4) is 0 Å². The van der Waals surface area contributed by atoms with Crippen molar-refractivity contribution in [3.05, 3.63) is 22.2 Å². The molecule has 0 heterocycles. The number of nitrogens with one attached hydrogen (secondary N) is 1. The highest BCUT2D eigenvalue weighted by Gasteiger charge is 2.35. The molecular formula is C20H25BrN2O5. The summed E-state index contributed by atoms with van der Waals surface area (Å²) in [6, 6.07) is 5.27. The first kappa shape index (κ1) is 22.0. The molecule has 0 bridgehead atoms. The van der Waals surface area contributed by atoms with E-state index in [-0.39, 0.29) is 5.56 Å². The predicted octanol–water partition coefficient (Wildman–Crippen LogP) is 3.74. The molecule has 0 saturated heterocycles. The van der Waals surface area contributed by atoms with E-state index in [1.807, 2.05) is 6.92 Å². The van der Waals surface area contributed by atoms with Crippen LogP contribution in [0, 0.1) is 11.3 Å². The summed E-state index contributed by atoms with van der Waals surface area (Å²) in [4.78, 5) is 25.0. The lowest BCUT2D eigenvalue weighted by Gasteiger charge is -2.32. The smallest absolute Gasteiger partial charge is 0.339 e. The lowest BCUT2D eigenvalue weighted by atomic mass is 9.83. The minimum atomic E-state index is -1.03. The first-order valence-electron chi connectivity index (χ1n) is 9.30. The largest absolute Gasteiger partial charge is 0.493 e. The second-order valence-electron chi connectivity index (χ2n) is 6.71. The third-order valence-corrected chi connectivity index (χ3v) is 5.28. The van der Waals surface area contributed by atoms with Crippen molar-refractivity contribution < 1.29 is 23.8 Å². The van der Waals surface area contributed by atoms with Gasteiger partial charge in [-0.1, -0.05) is 19.3 Å². The molecule has 1 N–H and O–H groups in total. The Morgan fingerprint density at radius 1 is 1.32 bits per heavy atom. The maximum atomic E-state index is 12.5. The summed E-state index contributed by atoms with van der Waals surface area (Å²) in [5.74, 6) is -0.278. The highest BCUT2D eigenvalue weighted by atomic mass is 79.9. The van der Waals surface area contributed by atoms with E-state index in [2.05, 4.69) is 27.3 Å². The first-order chi connectivity index (χ1) is 13.4. The van der Waals surface area contributed by atoms with E-state index in [0.717, 1.165) is 19.3 Å². The third kappa shape index (κ3) is 5.16.